The number of rotatable bonds is 4. The van der Waals surface area contributed by atoms with Crippen LogP contribution in [0.2, 0.25) is 5.02 Å². The number of nitrogens with one attached hydrogen (secondary N) is 2. The predicted molar refractivity (Wildman–Crippen MR) is 75.2 cm³/mol. The molecule has 1 aliphatic rings. The molecule has 104 valence electrons. The molecular weight excluding hydrogens is 264 g/mol. The summed E-state index contributed by atoms with van der Waals surface area (Å²) < 4.78 is 5.28. The van der Waals surface area contributed by atoms with Gasteiger partial charge >= 0.3 is 6.03 Å². The minimum Gasteiger partial charge on any atom is -0.381 e. The van der Waals surface area contributed by atoms with Gasteiger partial charge in [-0.15, -0.1) is 0 Å². The maximum atomic E-state index is 11.6. The molecule has 0 saturated carbocycles. The average molecular weight is 283 g/mol. The monoisotopic (exact) mass is 282 g/mol. The number of hydrogen-bond acceptors (Lipinski definition) is 2. The normalized spacial score (nSPS) is 16.1. The van der Waals surface area contributed by atoms with Gasteiger partial charge in [0.05, 0.1) is 0 Å². The van der Waals surface area contributed by atoms with Crippen molar-refractivity contribution in [3.8, 4) is 0 Å². The van der Waals surface area contributed by atoms with Crippen molar-refractivity contribution >= 4 is 17.6 Å². The van der Waals surface area contributed by atoms with Crippen LogP contribution in [0.1, 0.15) is 18.4 Å². The van der Waals surface area contributed by atoms with Gasteiger partial charge in [-0.25, -0.2) is 4.79 Å². The molecule has 0 spiro atoms. The van der Waals surface area contributed by atoms with E-state index >= 15 is 0 Å². The van der Waals surface area contributed by atoms with Crippen LogP contribution in [0.25, 0.3) is 0 Å². The quantitative estimate of drug-likeness (QED) is 0.892. The SMILES string of the molecule is O=C(NCc1ccc(Cl)cc1)NCC1CCOCC1. The summed E-state index contributed by atoms with van der Waals surface area (Å²) in [6, 6.07) is 7.32. The molecule has 2 N–H and O–H groups in total. The number of benzene rings is 1. The summed E-state index contributed by atoms with van der Waals surface area (Å²) in [5, 5.41) is 6.44. The minimum absolute atomic E-state index is 0.124. The first kappa shape index (κ1) is 14.2. The third-order valence-corrected chi connectivity index (χ3v) is 3.51. The smallest absolute Gasteiger partial charge is 0.315 e. The van der Waals surface area contributed by atoms with E-state index in [0.717, 1.165) is 38.2 Å². The molecule has 1 aromatic rings. The molecular formula is C14H19ClN2O2. The fourth-order valence-corrected chi connectivity index (χ4v) is 2.16. The van der Waals surface area contributed by atoms with E-state index in [1.54, 1.807) is 0 Å². The highest BCUT2D eigenvalue weighted by atomic mass is 35.5. The summed E-state index contributed by atoms with van der Waals surface area (Å²) in [5.74, 6) is 0.537. The fourth-order valence-electron chi connectivity index (χ4n) is 2.03. The van der Waals surface area contributed by atoms with Crippen molar-refractivity contribution in [3.05, 3.63) is 34.9 Å². The molecule has 4 nitrogen and oxygen atoms in total. The van der Waals surface area contributed by atoms with Crippen LogP contribution < -0.4 is 10.6 Å². The predicted octanol–water partition coefficient (Wildman–Crippen LogP) is 2.57. The Kier molecular flexibility index (Phi) is 5.48. The first-order valence-electron chi connectivity index (χ1n) is 6.58. The van der Waals surface area contributed by atoms with Crippen molar-refractivity contribution in [1.82, 2.24) is 10.6 Å². The number of ether oxygens (including phenoxy) is 1. The van der Waals surface area contributed by atoms with Gasteiger partial charge in [0.25, 0.3) is 0 Å². The molecule has 0 bridgehead atoms. The van der Waals surface area contributed by atoms with Crippen molar-refractivity contribution in [2.24, 2.45) is 5.92 Å². The van der Waals surface area contributed by atoms with Crippen molar-refractivity contribution in [2.45, 2.75) is 19.4 Å². The van der Waals surface area contributed by atoms with Crippen LogP contribution in [-0.4, -0.2) is 25.8 Å². The van der Waals surface area contributed by atoms with Gasteiger partial charge in [0.1, 0.15) is 0 Å². The lowest BCUT2D eigenvalue weighted by Gasteiger charge is -2.22. The summed E-state index contributed by atoms with van der Waals surface area (Å²) >= 11 is 5.80. The van der Waals surface area contributed by atoms with E-state index in [1.165, 1.54) is 0 Å². The first-order valence-corrected chi connectivity index (χ1v) is 6.96. The second-order valence-corrected chi connectivity index (χ2v) is 5.18. The Morgan fingerprint density at radius 2 is 1.89 bits per heavy atom. The molecule has 0 atom stereocenters. The van der Waals surface area contributed by atoms with E-state index in [1.807, 2.05) is 24.3 Å². The van der Waals surface area contributed by atoms with Gasteiger partial charge in [-0.2, -0.15) is 0 Å². The molecule has 0 radical (unpaired) electrons. The molecule has 19 heavy (non-hydrogen) atoms. The highest BCUT2D eigenvalue weighted by Gasteiger charge is 2.14. The van der Waals surface area contributed by atoms with Crippen molar-refractivity contribution in [3.63, 3.8) is 0 Å². The molecule has 1 aliphatic heterocycles. The van der Waals surface area contributed by atoms with Crippen LogP contribution >= 0.6 is 11.6 Å². The second kappa shape index (κ2) is 7.36. The number of carbonyl (C=O) groups is 1. The van der Waals surface area contributed by atoms with E-state index in [-0.39, 0.29) is 6.03 Å². The molecule has 1 aromatic carbocycles. The summed E-state index contributed by atoms with van der Waals surface area (Å²) in [6.45, 7) is 2.84. The van der Waals surface area contributed by atoms with E-state index < -0.39 is 0 Å². The van der Waals surface area contributed by atoms with Gasteiger partial charge in [0.15, 0.2) is 0 Å². The standard InChI is InChI=1S/C14H19ClN2O2/c15-13-3-1-11(2-4-13)9-16-14(18)17-10-12-5-7-19-8-6-12/h1-4,12H,5-10H2,(H2,16,17,18). The van der Waals surface area contributed by atoms with E-state index in [2.05, 4.69) is 10.6 Å². The van der Waals surface area contributed by atoms with Gasteiger partial charge in [0, 0.05) is 31.3 Å². The highest BCUT2D eigenvalue weighted by molar-refractivity contribution is 6.30. The van der Waals surface area contributed by atoms with E-state index in [0.29, 0.717) is 17.5 Å². The Hall–Kier alpha value is -1.26. The van der Waals surface area contributed by atoms with Gasteiger partial charge in [-0.05, 0) is 36.5 Å². The summed E-state index contributed by atoms with van der Waals surface area (Å²) in [7, 11) is 0. The molecule has 0 aromatic heterocycles. The number of halogens is 1. The Balaban J connectivity index is 1.65. The zero-order chi connectivity index (χ0) is 13.5. The van der Waals surface area contributed by atoms with Gasteiger partial charge in [-0.1, -0.05) is 23.7 Å². The number of hydrogen-bond donors (Lipinski definition) is 2. The molecule has 2 rings (SSSR count). The van der Waals surface area contributed by atoms with Crippen LogP contribution in [0, 0.1) is 5.92 Å². The fraction of sp³-hybridized carbons (Fsp3) is 0.500. The van der Waals surface area contributed by atoms with Gasteiger partial charge in [-0.3, -0.25) is 0 Å². The molecule has 0 aliphatic carbocycles. The van der Waals surface area contributed by atoms with Crippen LogP contribution in [0.4, 0.5) is 4.79 Å². The lowest BCUT2D eigenvalue weighted by molar-refractivity contribution is 0.0669. The van der Waals surface area contributed by atoms with E-state index in [9.17, 15) is 4.79 Å². The third-order valence-electron chi connectivity index (χ3n) is 3.26. The summed E-state index contributed by atoms with van der Waals surface area (Å²) in [6.07, 6.45) is 2.05. The number of urea groups is 1. The summed E-state index contributed by atoms with van der Waals surface area (Å²) in [4.78, 5) is 11.6. The Bertz CT molecular complexity index is 402. The average Bonchev–Trinajstić information content (AvgIpc) is 2.45. The second-order valence-electron chi connectivity index (χ2n) is 4.75. The van der Waals surface area contributed by atoms with Crippen LogP contribution in [0.5, 0.6) is 0 Å². The molecule has 5 heteroatoms. The molecule has 2 amide bonds. The molecule has 0 unspecified atom stereocenters. The lowest BCUT2D eigenvalue weighted by atomic mass is 10.0. The Labute approximate surface area is 118 Å². The van der Waals surface area contributed by atoms with Crippen LogP contribution in [-0.2, 0) is 11.3 Å². The van der Waals surface area contributed by atoms with Crippen molar-refractivity contribution in [1.29, 1.82) is 0 Å². The van der Waals surface area contributed by atoms with Gasteiger partial charge < -0.3 is 15.4 Å². The van der Waals surface area contributed by atoms with Crippen LogP contribution in [0.3, 0.4) is 0 Å². The number of carbonyl (C=O) groups excluding carboxylic acids is 1. The Morgan fingerprint density at radius 1 is 1.21 bits per heavy atom. The zero-order valence-corrected chi connectivity index (χ0v) is 11.6. The zero-order valence-electron chi connectivity index (χ0n) is 10.8. The molecule has 1 fully saturated rings. The van der Waals surface area contributed by atoms with Gasteiger partial charge in [0.2, 0.25) is 0 Å². The van der Waals surface area contributed by atoms with Crippen molar-refractivity contribution in [2.75, 3.05) is 19.8 Å². The van der Waals surface area contributed by atoms with Crippen LogP contribution in [0.15, 0.2) is 24.3 Å². The van der Waals surface area contributed by atoms with E-state index in [4.69, 9.17) is 16.3 Å². The molecule has 1 heterocycles. The molecule has 1 saturated heterocycles. The maximum Gasteiger partial charge on any atom is 0.315 e. The highest BCUT2D eigenvalue weighted by Crippen LogP contribution is 2.13. The number of amides is 2. The third kappa shape index (κ3) is 5.09. The summed E-state index contributed by atoms with van der Waals surface area (Å²) in [5.41, 5.74) is 1.03. The largest absolute Gasteiger partial charge is 0.381 e. The topological polar surface area (TPSA) is 50.4 Å². The minimum atomic E-state index is -0.124. The maximum absolute atomic E-state index is 11.6. The Morgan fingerprint density at radius 3 is 2.58 bits per heavy atom. The first-order chi connectivity index (χ1) is 9.24. The lowest BCUT2D eigenvalue weighted by Crippen LogP contribution is -2.39. The van der Waals surface area contributed by atoms with Crippen molar-refractivity contribution < 1.29 is 9.53 Å².